The summed E-state index contributed by atoms with van der Waals surface area (Å²) < 4.78 is 19.1. The fraction of sp³-hybridized carbons (Fsp3) is 0.311. The number of ether oxygens (including phenoxy) is 3. The minimum atomic E-state index is -0.204. The number of β-amino-alcohol motifs (C(OH)–C–C–N with tert-alkyl or cyclic N) is 1. The van der Waals surface area contributed by atoms with Crippen LogP contribution in [0.15, 0.2) is 91.3 Å². The molecule has 1 fully saturated rings. The summed E-state index contributed by atoms with van der Waals surface area (Å²) in [6.45, 7) is 9.11. The highest BCUT2D eigenvalue weighted by Crippen LogP contribution is 2.37. The van der Waals surface area contributed by atoms with Gasteiger partial charge in [0, 0.05) is 55.8 Å². The molecule has 2 N–H and O–H groups in total. The Kier molecular flexibility index (Phi) is 12.5. The summed E-state index contributed by atoms with van der Waals surface area (Å²) >= 11 is 6.93. The maximum absolute atomic E-state index is 9.82. The number of aliphatic hydroxyl groups is 1. The van der Waals surface area contributed by atoms with E-state index in [4.69, 9.17) is 30.8 Å². The van der Waals surface area contributed by atoms with Crippen molar-refractivity contribution in [1.29, 1.82) is 5.26 Å². The maximum Gasteiger partial charge on any atom is 0.142 e. The monoisotopic (exact) mass is 770 g/mol. The summed E-state index contributed by atoms with van der Waals surface area (Å²) in [5.41, 5.74) is 9.53. The zero-order valence-corrected chi connectivity index (χ0v) is 32.9. The number of benzene rings is 4. The van der Waals surface area contributed by atoms with Crippen LogP contribution in [0.5, 0.6) is 17.2 Å². The Morgan fingerprint density at radius 1 is 0.893 bits per heavy atom. The molecule has 7 rings (SSSR count). The van der Waals surface area contributed by atoms with Gasteiger partial charge in [0.15, 0.2) is 0 Å². The lowest BCUT2D eigenvalue weighted by atomic mass is 9.93. The molecule has 56 heavy (non-hydrogen) atoms. The molecule has 10 nitrogen and oxygen atoms in total. The number of pyridine rings is 1. The van der Waals surface area contributed by atoms with Crippen LogP contribution in [0.2, 0.25) is 5.02 Å². The number of nitrogens with zero attached hydrogens (tertiary/aromatic N) is 5. The predicted molar refractivity (Wildman–Crippen MR) is 219 cm³/mol. The predicted octanol–water partition coefficient (Wildman–Crippen LogP) is 8.39. The van der Waals surface area contributed by atoms with E-state index in [1.165, 1.54) is 6.20 Å². The smallest absolute Gasteiger partial charge is 0.142 e. The van der Waals surface area contributed by atoms with Gasteiger partial charge in [-0.2, -0.15) is 5.26 Å². The van der Waals surface area contributed by atoms with Gasteiger partial charge in [-0.25, -0.2) is 4.98 Å². The van der Waals surface area contributed by atoms with Crippen molar-refractivity contribution < 1.29 is 19.3 Å². The highest BCUT2D eigenvalue weighted by molar-refractivity contribution is 6.32. The minimum Gasteiger partial charge on any atom is -0.493 e. The lowest BCUT2D eigenvalue weighted by Crippen LogP contribution is -2.24. The number of aromatic amines is 1. The number of H-pyrrole nitrogens is 1. The van der Waals surface area contributed by atoms with Gasteiger partial charge in [0.1, 0.15) is 42.4 Å². The molecular formula is C45H47ClN6O4. The van der Waals surface area contributed by atoms with Crippen LogP contribution in [0.1, 0.15) is 52.0 Å². The Bertz CT molecular complexity index is 2310. The summed E-state index contributed by atoms with van der Waals surface area (Å²) in [5, 5.41) is 19.7. The number of aliphatic hydroxyl groups excluding tert-OH is 1. The number of nitrogens with one attached hydrogen (secondary N) is 1. The standard InChI is InChI=1S/C45H47ClN6O4/c1-30-34(9-6-10-37(30)38-11-7-14-42(31(38)2)54-18-8-16-52-17-15-36(53)26-52)29-56-44-21-43(55-28-33-19-32(22-47)23-48-24-33)35(20-39(44)46)25-51(3)27-45-49-40-12-4-5-13-41(40)50-45/h4-7,9-14,19-21,23-24,36,53H,8,15-18,25-29H2,1-3H3,(H,49,50). The summed E-state index contributed by atoms with van der Waals surface area (Å²) in [4.78, 5) is 16.8. The van der Waals surface area contributed by atoms with E-state index in [0.717, 1.165) is 94.0 Å². The third-order valence-corrected chi connectivity index (χ3v) is 10.6. The van der Waals surface area contributed by atoms with E-state index in [0.29, 0.717) is 48.4 Å². The second-order valence-electron chi connectivity index (χ2n) is 14.5. The first-order chi connectivity index (χ1) is 27.2. The van der Waals surface area contributed by atoms with Crippen LogP contribution in [0.3, 0.4) is 0 Å². The molecule has 1 unspecified atom stereocenters. The van der Waals surface area contributed by atoms with Crippen molar-refractivity contribution in [2.45, 2.75) is 59.1 Å². The van der Waals surface area contributed by atoms with Crippen LogP contribution >= 0.6 is 11.6 Å². The Balaban J connectivity index is 1.06. The molecule has 0 amide bonds. The number of halogens is 1. The van der Waals surface area contributed by atoms with Crippen LogP contribution in [-0.2, 0) is 26.3 Å². The molecule has 1 aliphatic rings. The van der Waals surface area contributed by atoms with Crippen molar-refractivity contribution in [3.63, 3.8) is 0 Å². The van der Waals surface area contributed by atoms with E-state index in [9.17, 15) is 10.4 Å². The zero-order valence-electron chi connectivity index (χ0n) is 32.1. The van der Waals surface area contributed by atoms with Crippen LogP contribution in [0.4, 0.5) is 0 Å². The second-order valence-corrected chi connectivity index (χ2v) is 14.9. The molecule has 0 spiro atoms. The number of rotatable bonds is 16. The molecule has 1 saturated heterocycles. The molecule has 6 aromatic rings. The van der Waals surface area contributed by atoms with Crippen molar-refractivity contribution in [2.24, 2.45) is 0 Å². The van der Waals surface area contributed by atoms with Crippen LogP contribution < -0.4 is 14.2 Å². The first kappa shape index (κ1) is 38.8. The maximum atomic E-state index is 9.82. The van der Waals surface area contributed by atoms with Crippen molar-refractivity contribution >= 4 is 22.6 Å². The van der Waals surface area contributed by atoms with E-state index in [2.05, 4.69) is 63.9 Å². The normalized spacial score (nSPS) is 14.3. The summed E-state index contributed by atoms with van der Waals surface area (Å²) in [6, 6.07) is 28.1. The zero-order chi connectivity index (χ0) is 39.0. The number of imidazole rings is 1. The number of aromatic nitrogens is 3. The summed E-state index contributed by atoms with van der Waals surface area (Å²) in [7, 11) is 2.02. The lowest BCUT2D eigenvalue weighted by molar-refractivity contribution is 0.173. The van der Waals surface area contributed by atoms with E-state index in [1.807, 2.05) is 55.6 Å². The van der Waals surface area contributed by atoms with Gasteiger partial charge in [-0.3, -0.25) is 9.88 Å². The van der Waals surface area contributed by atoms with E-state index in [-0.39, 0.29) is 12.7 Å². The SMILES string of the molecule is Cc1c(COc2cc(OCc3cncc(C#N)c3)c(CN(C)Cc3nc4ccccc4[nH]3)cc2Cl)cccc1-c1cccc(OCCCN2CCC(O)C2)c1C. The summed E-state index contributed by atoms with van der Waals surface area (Å²) in [5.74, 6) is 2.87. The van der Waals surface area contributed by atoms with Gasteiger partial charge in [-0.15, -0.1) is 0 Å². The molecule has 0 aliphatic carbocycles. The largest absolute Gasteiger partial charge is 0.493 e. The molecule has 1 aliphatic heterocycles. The van der Waals surface area contributed by atoms with Gasteiger partial charge in [0.05, 0.1) is 40.9 Å². The van der Waals surface area contributed by atoms with Crippen LogP contribution in [0, 0.1) is 25.2 Å². The molecule has 288 valence electrons. The molecule has 0 radical (unpaired) electrons. The summed E-state index contributed by atoms with van der Waals surface area (Å²) in [6.07, 6.45) is 4.78. The number of para-hydroxylation sites is 2. The molecule has 2 aromatic heterocycles. The average molecular weight is 771 g/mol. The van der Waals surface area contributed by atoms with Crippen molar-refractivity contribution in [2.75, 3.05) is 33.3 Å². The van der Waals surface area contributed by atoms with Gasteiger partial charge in [-0.1, -0.05) is 54.1 Å². The molecule has 0 saturated carbocycles. The first-order valence-electron chi connectivity index (χ1n) is 19.0. The van der Waals surface area contributed by atoms with E-state index in [1.54, 1.807) is 12.3 Å². The Hall–Kier alpha value is -5.44. The van der Waals surface area contributed by atoms with E-state index >= 15 is 0 Å². The average Bonchev–Trinajstić information content (AvgIpc) is 3.81. The molecule has 1 atom stereocenters. The Morgan fingerprint density at radius 2 is 1.70 bits per heavy atom. The van der Waals surface area contributed by atoms with Crippen molar-refractivity contribution in [3.8, 4) is 34.4 Å². The number of fused-ring (bicyclic) bond motifs is 1. The topological polar surface area (TPSA) is 120 Å². The van der Waals surface area contributed by atoms with Crippen molar-refractivity contribution in [1.82, 2.24) is 24.8 Å². The number of likely N-dealkylation sites (tertiary alicyclic amines) is 1. The number of hydrogen-bond donors (Lipinski definition) is 2. The van der Waals surface area contributed by atoms with Gasteiger partial charge in [-0.05, 0) is 91.9 Å². The van der Waals surface area contributed by atoms with E-state index < -0.39 is 0 Å². The molecule has 11 heteroatoms. The van der Waals surface area contributed by atoms with Gasteiger partial charge in [0.2, 0.25) is 0 Å². The van der Waals surface area contributed by atoms with Crippen molar-refractivity contribution in [3.05, 3.63) is 135 Å². The first-order valence-corrected chi connectivity index (χ1v) is 19.4. The molecule has 4 aromatic carbocycles. The quantitative estimate of drug-likeness (QED) is 0.0936. The van der Waals surface area contributed by atoms with Gasteiger partial charge in [0.25, 0.3) is 0 Å². The van der Waals surface area contributed by atoms with Crippen LogP contribution in [-0.4, -0.2) is 69.3 Å². The highest BCUT2D eigenvalue weighted by atomic mass is 35.5. The fourth-order valence-corrected chi connectivity index (χ4v) is 7.49. The highest BCUT2D eigenvalue weighted by Gasteiger charge is 2.20. The second kappa shape index (κ2) is 18.0. The van der Waals surface area contributed by atoms with Crippen LogP contribution in [0.25, 0.3) is 22.2 Å². The fourth-order valence-electron chi connectivity index (χ4n) is 7.25. The third-order valence-electron chi connectivity index (χ3n) is 10.3. The Morgan fingerprint density at radius 3 is 2.50 bits per heavy atom. The Labute approximate surface area is 333 Å². The van der Waals surface area contributed by atoms with Gasteiger partial charge >= 0.3 is 0 Å². The molecular weight excluding hydrogens is 724 g/mol. The molecule has 0 bridgehead atoms. The lowest BCUT2D eigenvalue weighted by Gasteiger charge is -2.20. The number of nitriles is 1. The number of hydrogen-bond acceptors (Lipinski definition) is 9. The minimum absolute atomic E-state index is 0.204. The molecule has 3 heterocycles. The third kappa shape index (κ3) is 9.49. The van der Waals surface area contributed by atoms with Gasteiger partial charge < -0.3 is 29.2 Å².